The van der Waals surface area contributed by atoms with E-state index in [0.717, 1.165) is 6.54 Å². The average molecular weight is 342 g/mol. The summed E-state index contributed by atoms with van der Waals surface area (Å²) in [6, 6.07) is 2.88. The van der Waals surface area contributed by atoms with Crippen molar-refractivity contribution in [3.05, 3.63) is 36.5 Å². The van der Waals surface area contributed by atoms with Crippen LogP contribution in [0.2, 0.25) is 0 Å². The maximum atomic E-state index is 12.9. The number of hydrogen-bond acceptors (Lipinski definition) is 5. The molecule has 0 unspecified atom stereocenters. The fraction of sp³-hybridized carbons (Fsp3) is 0.471. The Morgan fingerprint density at radius 2 is 2.00 bits per heavy atom. The minimum Gasteiger partial charge on any atom is -0.339 e. The lowest BCUT2D eigenvalue weighted by atomic mass is 10.1. The maximum absolute atomic E-state index is 12.9. The van der Waals surface area contributed by atoms with Gasteiger partial charge in [0.1, 0.15) is 24.5 Å². The molecule has 1 saturated heterocycles. The molecule has 8 nitrogen and oxygen atoms in total. The molecule has 3 heterocycles. The first-order chi connectivity index (χ1) is 12.0. The van der Waals surface area contributed by atoms with Crippen LogP contribution in [0.25, 0.3) is 5.82 Å². The van der Waals surface area contributed by atoms with Gasteiger partial charge in [0.25, 0.3) is 5.91 Å². The van der Waals surface area contributed by atoms with Gasteiger partial charge in [-0.2, -0.15) is 0 Å². The molecule has 2 amide bonds. The molecule has 1 aliphatic heterocycles. The molecule has 1 fully saturated rings. The number of carbonyl (C=O) groups excluding carboxylic acids is 2. The summed E-state index contributed by atoms with van der Waals surface area (Å²) in [6.07, 6.45) is 4.62. The van der Waals surface area contributed by atoms with Crippen molar-refractivity contribution >= 4 is 11.8 Å². The second-order valence-electron chi connectivity index (χ2n) is 6.62. The summed E-state index contributed by atoms with van der Waals surface area (Å²) < 4.78 is 1.63. The molecule has 0 bridgehead atoms. The molecule has 25 heavy (non-hydrogen) atoms. The van der Waals surface area contributed by atoms with Crippen LogP contribution in [0.3, 0.4) is 0 Å². The summed E-state index contributed by atoms with van der Waals surface area (Å²) in [4.78, 5) is 33.1. The van der Waals surface area contributed by atoms with Crippen LogP contribution < -0.4 is 0 Å². The minimum atomic E-state index is -0.466. The predicted octanol–water partition coefficient (Wildman–Crippen LogP) is 0.991. The van der Waals surface area contributed by atoms with E-state index in [-0.39, 0.29) is 11.8 Å². The molecule has 1 atom stereocenters. The number of pyridine rings is 1. The van der Waals surface area contributed by atoms with E-state index in [1.165, 1.54) is 12.7 Å². The van der Waals surface area contributed by atoms with Crippen molar-refractivity contribution < 1.29 is 9.59 Å². The zero-order valence-corrected chi connectivity index (χ0v) is 14.7. The molecule has 8 heteroatoms. The van der Waals surface area contributed by atoms with E-state index in [9.17, 15) is 9.59 Å². The van der Waals surface area contributed by atoms with Crippen LogP contribution in [-0.4, -0.2) is 67.0 Å². The van der Waals surface area contributed by atoms with E-state index in [0.29, 0.717) is 30.4 Å². The monoisotopic (exact) mass is 342 g/mol. The summed E-state index contributed by atoms with van der Waals surface area (Å²) in [6.45, 7) is 7.77. The summed E-state index contributed by atoms with van der Waals surface area (Å²) >= 11 is 0. The number of rotatable bonds is 4. The Morgan fingerprint density at radius 1 is 1.28 bits per heavy atom. The highest BCUT2D eigenvalue weighted by Crippen LogP contribution is 2.17. The van der Waals surface area contributed by atoms with Crippen LogP contribution in [0.1, 0.15) is 31.1 Å². The number of amides is 2. The third-order valence-corrected chi connectivity index (χ3v) is 4.27. The molecule has 0 aliphatic carbocycles. The van der Waals surface area contributed by atoms with Gasteiger partial charge in [-0.1, -0.05) is 13.8 Å². The van der Waals surface area contributed by atoms with Crippen molar-refractivity contribution in [3.63, 3.8) is 0 Å². The maximum Gasteiger partial charge on any atom is 0.254 e. The minimum absolute atomic E-state index is 0.00129. The largest absolute Gasteiger partial charge is 0.339 e. The van der Waals surface area contributed by atoms with Gasteiger partial charge in [0, 0.05) is 31.4 Å². The Balaban J connectivity index is 1.78. The first-order valence-corrected chi connectivity index (χ1v) is 8.38. The van der Waals surface area contributed by atoms with E-state index < -0.39 is 6.04 Å². The van der Waals surface area contributed by atoms with Gasteiger partial charge in [-0.15, -0.1) is 10.2 Å². The molecule has 0 radical (unpaired) electrons. The highest BCUT2D eigenvalue weighted by atomic mass is 16.2. The highest BCUT2D eigenvalue weighted by Gasteiger charge is 2.34. The van der Waals surface area contributed by atoms with Crippen LogP contribution >= 0.6 is 0 Å². The van der Waals surface area contributed by atoms with Gasteiger partial charge in [-0.3, -0.25) is 14.2 Å². The summed E-state index contributed by atoms with van der Waals surface area (Å²) in [5.41, 5.74) is 0.496. The lowest BCUT2D eigenvalue weighted by Crippen LogP contribution is -2.58. The quantitative estimate of drug-likeness (QED) is 0.827. The Bertz CT molecular complexity index is 758. The van der Waals surface area contributed by atoms with Gasteiger partial charge in [0.05, 0.1) is 0 Å². The lowest BCUT2D eigenvalue weighted by Gasteiger charge is -2.39. The van der Waals surface area contributed by atoms with Gasteiger partial charge < -0.3 is 9.80 Å². The first kappa shape index (κ1) is 17.1. The molecule has 0 aromatic carbocycles. The van der Waals surface area contributed by atoms with Crippen LogP contribution in [0.5, 0.6) is 0 Å². The van der Waals surface area contributed by atoms with Crippen molar-refractivity contribution in [2.24, 2.45) is 5.92 Å². The first-order valence-electron chi connectivity index (χ1n) is 8.38. The van der Waals surface area contributed by atoms with Crippen molar-refractivity contribution in [3.8, 4) is 5.82 Å². The molecule has 1 aliphatic rings. The lowest BCUT2D eigenvalue weighted by molar-refractivity contribution is -0.140. The molecule has 2 aromatic heterocycles. The normalized spacial score (nSPS) is 18.1. The van der Waals surface area contributed by atoms with E-state index in [1.807, 2.05) is 4.90 Å². The standard InChI is InChI=1S/C17H22N6O2/c1-12(2)9-21-6-7-23(13(3)16(21)24)17(25)14-4-5-18-15(8-14)22-10-19-20-11-22/h4-5,8,10-13H,6-7,9H2,1-3H3/t13-/m0/s1. The van der Waals surface area contributed by atoms with Crippen molar-refractivity contribution in [2.75, 3.05) is 19.6 Å². The third kappa shape index (κ3) is 3.52. The fourth-order valence-corrected chi connectivity index (χ4v) is 3.01. The van der Waals surface area contributed by atoms with Gasteiger partial charge in [-0.05, 0) is 25.0 Å². The van der Waals surface area contributed by atoms with E-state index in [1.54, 1.807) is 34.7 Å². The summed E-state index contributed by atoms with van der Waals surface area (Å²) in [5, 5.41) is 7.49. The van der Waals surface area contributed by atoms with Crippen LogP contribution in [0.4, 0.5) is 0 Å². The van der Waals surface area contributed by atoms with Crippen molar-refractivity contribution in [1.29, 1.82) is 0 Å². The average Bonchev–Trinajstić information content (AvgIpc) is 3.13. The second-order valence-corrected chi connectivity index (χ2v) is 6.62. The van der Waals surface area contributed by atoms with Gasteiger partial charge >= 0.3 is 0 Å². The van der Waals surface area contributed by atoms with E-state index >= 15 is 0 Å². The molecule has 132 valence electrons. The van der Waals surface area contributed by atoms with Crippen molar-refractivity contribution in [1.82, 2.24) is 29.5 Å². The number of nitrogens with zero attached hydrogens (tertiary/aromatic N) is 6. The molecule has 0 spiro atoms. The predicted molar refractivity (Wildman–Crippen MR) is 91.1 cm³/mol. The SMILES string of the molecule is CC(C)CN1CCN(C(=O)c2ccnc(-n3cnnc3)c2)[C@@H](C)C1=O. The van der Waals surface area contributed by atoms with Crippen LogP contribution in [0.15, 0.2) is 31.0 Å². The number of piperazine rings is 1. The zero-order chi connectivity index (χ0) is 18.0. The molecular weight excluding hydrogens is 320 g/mol. The van der Waals surface area contributed by atoms with E-state index in [4.69, 9.17) is 0 Å². The molecular formula is C17H22N6O2. The topological polar surface area (TPSA) is 84.2 Å². The van der Waals surface area contributed by atoms with Crippen LogP contribution in [-0.2, 0) is 4.79 Å². The third-order valence-electron chi connectivity index (χ3n) is 4.27. The van der Waals surface area contributed by atoms with E-state index in [2.05, 4.69) is 29.0 Å². The Hall–Kier alpha value is -2.77. The highest BCUT2D eigenvalue weighted by molar-refractivity contribution is 5.98. The van der Waals surface area contributed by atoms with Gasteiger partial charge in [-0.25, -0.2) is 4.98 Å². The second kappa shape index (κ2) is 7.00. The van der Waals surface area contributed by atoms with Gasteiger partial charge in [0.15, 0.2) is 0 Å². The Labute approximate surface area is 146 Å². The van der Waals surface area contributed by atoms with Gasteiger partial charge in [0.2, 0.25) is 5.91 Å². The molecule has 0 N–H and O–H groups in total. The smallest absolute Gasteiger partial charge is 0.254 e. The fourth-order valence-electron chi connectivity index (χ4n) is 3.01. The summed E-state index contributed by atoms with van der Waals surface area (Å²) in [7, 11) is 0. The number of aromatic nitrogens is 4. The molecule has 2 aromatic rings. The Kier molecular flexibility index (Phi) is 4.78. The number of carbonyl (C=O) groups is 2. The molecule has 0 saturated carbocycles. The summed E-state index contributed by atoms with van der Waals surface area (Å²) in [5.74, 6) is 0.807. The molecule has 3 rings (SSSR count). The van der Waals surface area contributed by atoms with Crippen LogP contribution in [0, 0.1) is 5.92 Å². The Morgan fingerprint density at radius 3 is 2.68 bits per heavy atom. The zero-order valence-electron chi connectivity index (χ0n) is 14.7. The number of hydrogen-bond donors (Lipinski definition) is 0. The van der Waals surface area contributed by atoms with Crippen molar-refractivity contribution in [2.45, 2.75) is 26.8 Å².